The minimum Gasteiger partial charge on any atom is -0.385 e. The molecular weight excluding hydrogens is 410 g/mol. The van der Waals surface area contributed by atoms with Gasteiger partial charge in [-0.3, -0.25) is 4.79 Å². The van der Waals surface area contributed by atoms with Crippen LogP contribution in [0.5, 0.6) is 17.2 Å². The van der Waals surface area contributed by atoms with Gasteiger partial charge in [-0.2, -0.15) is 4.57 Å². The summed E-state index contributed by atoms with van der Waals surface area (Å²) in [6.45, 7) is 0. The van der Waals surface area contributed by atoms with Crippen molar-refractivity contribution < 1.29 is 22.9 Å². The summed E-state index contributed by atoms with van der Waals surface area (Å²) in [5, 5.41) is 0.286. The van der Waals surface area contributed by atoms with Gasteiger partial charge in [0.25, 0.3) is 0 Å². The Morgan fingerprint density at radius 1 is 0.741 bits per heavy atom. The third-order valence-corrected chi connectivity index (χ3v) is 5.65. The minimum absolute atomic E-state index is 0.0361. The Morgan fingerprint density at radius 2 is 1.22 bits per heavy atom. The quantitative estimate of drug-likeness (QED) is 0.463. The largest absolute Gasteiger partial charge is 0.647 e. The number of para-hydroxylation sites is 3. The second-order valence-electron chi connectivity index (χ2n) is 5.59. The highest BCUT2D eigenvalue weighted by Gasteiger charge is 2.39. The molecule has 0 aromatic heterocycles. The average molecular weight is 421 g/mol. The van der Waals surface area contributed by atoms with Crippen molar-refractivity contribution in [1.82, 2.24) is 0 Å². The lowest BCUT2D eigenvalue weighted by Gasteiger charge is -2.24. The van der Waals surface area contributed by atoms with E-state index in [0.29, 0.717) is 0 Å². The standard InChI is InChI=1S/C19H11Cl2O5P/c20-14-8-5-9-15(21)19(14)26-27(23)24-16-10-3-1-6-12(16)18(22)13-7-2-4-11-17(13)25-27/h1-11H. The number of halogens is 2. The molecule has 0 radical (unpaired) electrons. The number of carbonyl (C=O) groups excluding carboxylic acids is 1. The lowest BCUT2D eigenvalue weighted by atomic mass is 10.0. The Kier molecular flexibility index (Phi) is 4.60. The van der Waals surface area contributed by atoms with E-state index >= 15 is 0 Å². The van der Waals surface area contributed by atoms with E-state index in [0.717, 1.165) is 0 Å². The molecule has 0 amide bonds. The summed E-state index contributed by atoms with van der Waals surface area (Å²) in [5.74, 6) is -0.207. The molecule has 0 aliphatic carbocycles. The number of rotatable bonds is 2. The molecule has 27 heavy (non-hydrogen) atoms. The summed E-state index contributed by atoms with van der Waals surface area (Å²) in [7, 11) is -4.27. The zero-order valence-corrected chi connectivity index (χ0v) is 16.0. The van der Waals surface area contributed by atoms with Crippen LogP contribution in [-0.4, -0.2) is 5.78 Å². The van der Waals surface area contributed by atoms with Crippen molar-refractivity contribution in [1.29, 1.82) is 0 Å². The van der Waals surface area contributed by atoms with Crippen LogP contribution in [0.3, 0.4) is 0 Å². The number of phosphoric ester groups is 1. The molecule has 0 N–H and O–H groups in total. The van der Waals surface area contributed by atoms with Crippen molar-refractivity contribution in [3.05, 3.63) is 87.9 Å². The van der Waals surface area contributed by atoms with E-state index in [2.05, 4.69) is 0 Å². The first-order valence-corrected chi connectivity index (χ1v) is 10.0. The zero-order valence-electron chi connectivity index (χ0n) is 13.6. The van der Waals surface area contributed by atoms with Crippen molar-refractivity contribution in [2.75, 3.05) is 0 Å². The molecule has 0 saturated carbocycles. The molecule has 5 nitrogen and oxygen atoms in total. The second-order valence-corrected chi connectivity index (χ2v) is 7.85. The fourth-order valence-electron chi connectivity index (χ4n) is 2.59. The highest BCUT2D eigenvalue weighted by molar-refractivity contribution is 7.49. The van der Waals surface area contributed by atoms with Crippen LogP contribution in [-0.2, 0) is 4.57 Å². The van der Waals surface area contributed by atoms with Gasteiger partial charge in [0, 0.05) is 0 Å². The number of phosphoric acid groups is 1. The van der Waals surface area contributed by atoms with Crippen molar-refractivity contribution in [3.63, 3.8) is 0 Å². The maximum atomic E-state index is 13.4. The van der Waals surface area contributed by atoms with Crippen molar-refractivity contribution in [2.24, 2.45) is 0 Å². The van der Waals surface area contributed by atoms with Crippen LogP contribution in [0.1, 0.15) is 15.9 Å². The van der Waals surface area contributed by atoms with Crippen LogP contribution in [0, 0.1) is 0 Å². The highest BCUT2D eigenvalue weighted by Crippen LogP contribution is 2.54. The third kappa shape index (κ3) is 3.42. The second kappa shape index (κ2) is 6.93. The van der Waals surface area contributed by atoms with Gasteiger partial charge in [0.05, 0.1) is 21.2 Å². The summed E-state index contributed by atoms with van der Waals surface area (Å²) in [6.07, 6.45) is 0. The molecule has 8 heteroatoms. The van der Waals surface area contributed by atoms with Crippen molar-refractivity contribution in [2.45, 2.75) is 0 Å². The zero-order chi connectivity index (χ0) is 19.0. The fourth-order valence-corrected chi connectivity index (χ4v) is 4.51. The molecule has 0 bridgehead atoms. The van der Waals surface area contributed by atoms with E-state index in [1.807, 2.05) is 0 Å². The number of carbonyl (C=O) groups is 1. The molecule has 1 aliphatic heterocycles. The average Bonchev–Trinajstić information content (AvgIpc) is 2.64. The molecule has 0 atom stereocenters. The number of ketones is 1. The van der Waals surface area contributed by atoms with E-state index in [4.69, 9.17) is 36.8 Å². The number of fused-ring (bicyclic) bond motifs is 2. The molecule has 3 aromatic rings. The summed E-state index contributed by atoms with van der Waals surface area (Å²) in [5.41, 5.74) is 0.477. The predicted octanol–water partition coefficient (Wildman–Crippen LogP) is 6.18. The molecule has 1 aliphatic rings. The molecule has 0 fully saturated rings. The van der Waals surface area contributed by atoms with Crippen molar-refractivity contribution in [3.8, 4) is 17.2 Å². The van der Waals surface area contributed by atoms with E-state index < -0.39 is 7.82 Å². The number of hydrogen-bond acceptors (Lipinski definition) is 5. The van der Waals surface area contributed by atoms with Crippen LogP contribution < -0.4 is 13.6 Å². The summed E-state index contributed by atoms with van der Waals surface area (Å²) in [4.78, 5) is 12.8. The van der Waals surface area contributed by atoms with Gasteiger partial charge < -0.3 is 13.6 Å². The fraction of sp³-hybridized carbons (Fsp3) is 0. The molecular formula is C19H11Cl2O5P. The lowest BCUT2D eigenvalue weighted by molar-refractivity contribution is 0.103. The lowest BCUT2D eigenvalue weighted by Crippen LogP contribution is -2.15. The van der Waals surface area contributed by atoms with Gasteiger partial charge >= 0.3 is 7.82 Å². The van der Waals surface area contributed by atoms with Crippen LogP contribution in [0.4, 0.5) is 0 Å². The van der Waals surface area contributed by atoms with Gasteiger partial charge in [-0.1, -0.05) is 53.5 Å². The van der Waals surface area contributed by atoms with Gasteiger partial charge in [-0.25, -0.2) is 0 Å². The van der Waals surface area contributed by atoms with Gasteiger partial charge in [0.15, 0.2) is 5.75 Å². The highest BCUT2D eigenvalue weighted by atomic mass is 35.5. The maximum Gasteiger partial charge on any atom is 0.647 e. The van der Waals surface area contributed by atoms with Crippen LogP contribution in [0.15, 0.2) is 66.7 Å². The van der Waals surface area contributed by atoms with Crippen molar-refractivity contribution >= 4 is 36.8 Å². The normalized spacial score (nSPS) is 14.7. The maximum absolute atomic E-state index is 13.4. The van der Waals surface area contributed by atoms with Gasteiger partial charge in [-0.15, -0.1) is 0 Å². The van der Waals surface area contributed by atoms with Crippen LogP contribution >= 0.6 is 31.0 Å². The molecule has 1 heterocycles. The van der Waals surface area contributed by atoms with E-state index in [1.54, 1.807) is 42.5 Å². The first kappa shape index (κ1) is 17.9. The van der Waals surface area contributed by atoms with E-state index in [-0.39, 0.29) is 44.2 Å². The predicted molar refractivity (Wildman–Crippen MR) is 102 cm³/mol. The van der Waals surface area contributed by atoms with Gasteiger partial charge in [0.2, 0.25) is 5.78 Å². The Balaban J connectivity index is 1.86. The summed E-state index contributed by atoms with van der Waals surface area (Å²) < 4.78 is 30.0. The monoisotopic (exact) mass is 420 g/mol. The molecule has 3 aromatic carbocycles. The van der Waals surface area contributed by atoms with E-state index in [9.17, 15) is 9.36 Å². The summed E-state index contributed by atoms with van der Waals surface area (Å²) >= 11 is 12.2. The number of benzene rings is 3. The Bertz CT molecular complexity index is 1020. The minimum atomic E-state index is -4.27. The molecule has 0 saturated heterocycles. The third-order valence-electron chi connectivity index (χ3n) is 3.81. The molecule has 0 spiro atoms. The van der Waals surface area contributed by atoms with E-state index in [1.165, 1.54) is 24.3 Å². The Labute approximate surface area is 165 Å². The van der Waals surface area contributed by atoms with Crippen LogP contribution in [0.2, 0.25) is 10.0 Å². The summed E-state index contributed by atoms with van der Waals surface area (Å²) in [6, 6.07) is 17.5. The topological polar surface area (TPSA) is 61.8 Å². The van der Waals surface area contributed by atoms with Crippen LogP contribution in [0.25, 0.3) is 0 Å². The van der Waals surface area contributed by atoms with Gasteiger partial charge in [-0.05, 0) is 36.4 Å². The first-order chi connectivity index (χ1) is 13.0. The molecule has 0 unspecified atom stereocenters. The Morgan fingerprint density at radius 3 is 1.74 bits per heavy atom. The SMILES string of the molecule is O=C1c2ccccc2OP(=O)(Oc2c(Cl)cccc2Cl)Oc2ccccc21. The van der Waals surface area contributed by atoms with Gasteiger partial charge in [0.1, 0.15) is 11.5 Å². The Hall–Kier alpha value is -2.46. The smallest absolute Gasteiger partial charge is 0.385 e. The molecule has 4 rings (SSSR count). The molecule has 136 valence electrons. The number of hydrogen-bond donors (Lipinski definition) is 0. The first-order valence-electron chi connectivity index (χ1n) is 7.82.